The molecule has 1 aromatic carbocycles. The molecule has 19 heavy (non-hydrogen) atoms. The van der Waals surface area contributed by atoms with Gasteiger partial charge in [0.2, 0.25) is 0 Å². The summed E-state index contributed by atoms with van der Waals surface area (Å²) in [5, 5.41) is 3.22. The van der Waals surface area contributed by atoms with Gasteiger partial charge in [-0.1, -0.05) is 19.1 Å². The van der Waals surface area contributed by atoms with E-state index in [9.17, 15) is 8.78 Å². The third kappa shape index (κ3) is 3.58. The smallest absolute Gasteiger partial charge is 0.146 e. The fourth-order valence-electron chi connectivity index (χ4n) is 2.11. The predicted octanol–water partition coefficient (Wildman–Crippen LogP) is 3.25. The van der Waals surface area contributed by atoms with Gasteiger partial charge in [-0.25, -0.2) is 8.78 Å². The first-order valence-corrected chi connectivity index (χ1v) is 6.28. The molecule has 0 spiro atoms. The minimum Gasteiger partial charge on any atom is -0.310 e. The largest absolute Gasteiger partial charge is 0.310 e. The molecule has 0 amide bonds. The molecule has 1 heterocycles. The Morgan fingerprint density at radius 3 is 2.79 bits per heavy atom. The van der Waals surface area contributed by atoms with Crippen molar-refractivity contribution in [2.45, 2.75) is 19.4 Å². The van der Waals surface area contributed by atoms with Gasteiger partial charge >= 0.3 is 0 Å². The average Bonchev–Trinajstić information content (AvgIpc) is 2.39. The first-order chi connectivity index (χ1) is 9.20. The van der Waals surface area contributed by atoms with Crippen LogP contribution in [0.3, 0.4) is 0 Å². The average molecular weight is 262 g/mol. The molecule has 1 atom stereocenters. The van der Waals surface area contributed by atoms with Gasteiger partial charge in [0.05, 0.1) is 6.20 Å². The molecule has 0 aliphatic rings. The molecule has 0 aliphatic heterocycles. The molecule has 1 N–H and O–H groups in total. The summed E-state index contributed by atoms with van der Waals surface area (Å²) in [7, 11) is 0. The topological polar surface area (TPSA) is 24.9 Å². The summed E-state index contributed by atoms with van der Waals surface area (Å²) in [5.41, 5.74) is 1.39. The van der Waals surface area contributed by atoms with Gasteiger partial charge < -0.3 is 5.32 Å². The summed E-state index contributed by atoms with van der Waals surface area (Å²) in [4.78, 5) is 3.75. The summed E-state index contributed by atoms with van der Waals surface area (Å²) >= 11 is 0. The lowest BCUT2D eigenvalue weighted by Crippen LogP contribution is -2.24. The van der Waals surface area contributed by atoms with E-state index in [1.807, 2.05) is 13.0 Å². The van der Waals surface area contributed by atoms with Crippen LogP contribution in [0.4, 0.5) is 8.78 Å². The molecule has 1 unspecified atom stereocenters. The van der Waals surface area contributed by atoms with Gasteiger partial charge in [-0.15, -0.1) is 0 Å². The van der Waals surface area contributed by atoms with Crippen molar-refractivity contribution in [1.29, 1.82) is 0 Å². The van der Waals surface area contributed by atoms with Crippen LogP contribution < -0.4 is 5.32 Å². The lowest BCUT2D eigenvalue weighted by Gasteiger charge is -2.19. The van der Waals surface area contributed by atoms with Crippen molar-refractivity contribution in [2.75, 3.05) is 6.54 Å². The minimum atomic E-state index is -0.343. The molecule has 0 aliphatic carbocycles. The Morgan fingerprint density at radius 2 is 2.11 bits per heavy atom. The van der Waals surface area contributed by atoms with E-state index >= 15 is 0 Å². The van der Waals surface area contributed by atoms with Gasteiger partial charge in [0, 0.05) is 17.8 Å². The van der Waals surface area contributed by atoms with Gasteiger partial charge in [0.25, 0.3) is 0 Å². The number of rotatable bonds is 5. The molecular weight excluding hydrogens is 246 g/mol. The van der Waals surface area contributed by atoms with Crippen molar-refractivity contribution in [3.05, 3.63) is 65.5 Å². The molecule has 0 radical (unpaired) electrons. The van der Waals surface area contributed by atoms with E-state index in [0.29, 0.717) is 18.5 Å². The molecule has 2 rings (SSSR count). The fourth-order valence-corrected chi connectivity index (χ4v) is 2.11. The summed E-state index contributed by atoms with van der Waals surface area (Å²) in [6.45, 7) is 2.67. The maximum absolute atomic E-state index is 13.8. The number of hydrogen-bond acceptors (Lipinski definition) is 2. The van der Waals surface area contributed by atoms with Crippen LogP contribution >= 0.6 is 0 Å². The van der Waals surface area contributed by atoms with Gasteiger partial charge in [0.15, 0.2) is 0 Å². The van der Waals surface area contributed by atoms with Crippen LogP contribution in [0, 0.1) is 11.6 Å². The quantitative estimate of drug-likeness (QED) is 0.894. The van der Waals surface area contributed by atoms with Crippen molar-refractivity contribution >= 4 is 0 Å². The first kappa shape index (κ1) is 13.6. The van der Waals surface area contributed by atoms with Crippen molar-refractivity contribution < 1.29 is 8.78 Å². The molecular formula is C15H16F2N2. The number of hydrogen-bond donors (Lipinski definition) is 1. The summed E-state index contributed by atoms with van der Waals surface area (Å²) < 4.78 is 26.9. The van der Waals surface area contributed by atoms with E-state index in [1.54, 1.807) is 18.3 Å². The number of pyridine rings is 1. The van der Waals surface area contributed by atoms with Crippen LogP contribution in [0.1, 0.15) is 24.1 Å². The fraction of sp³-hybridized carbons (Fsp3) is 0.267. The number of likely N-dealkylation sites (N-methyl/N-ethyl adjacent to an activating group) is 1. The van der Waals surface area contributed by atoms with Crippen LogP contribution in [-0.4, -0.2) is 11.5 Å². The molecule has 0 bridgehead atoms. The third-order valence-corrected chi connectivity index (χ3v) is 2.96. The van der Waals surface area contributed by atoms with Crippen LogP contribution in [0.15, 0.2) is 42.7 Å². The molecule has 0 fully saturated rings. The number of halogens is 2. The lowest BCUT2D eigenvalue weighted by molar-refractivity contribution is 0.506. The summed E-state index contributed by atoms with van der Waals surface area (Å²) in [6, 6.07) is 7.85. The van der Waals surface area contributed by atoms with E-state index in [0.717, 1.165) is 5.56 Å². The normalized spacial score (nSPS) is 12.4. The summed E-state index contributed by atoms with van der Waals surface area (Å²) in [5.74, 6) is -0.618. The van der Waals surface area contributed by atoms with Crippen molar-refractivity contribution in [3.8, 4) is 0 Å². The SMILES string of the molecule is CCNC(Cc1cccc(F)c1)c1ccncc1F. The zero-order valence-electron chi connectivity index (χ0n) is 10.7. The second-order valence-electron chi connectivity index (χ2n) is 4.34. The Morgan fingerprint density at radius 1 is 1.26 bits per heavy atom. The highest BCUT2D eigenvalue weighted by atomic mass is 19.1. The molecule has 2 aromatic rings. The van der Waals surface area contributed by atoms with E-state index in [1.165, 1.54) is 18.3 Å². The Labute approximate surface area is 111 Å². The Bertz CT molecular complexity index is 543. The minimum absolute atomic E-state index is 0.185. The highest BCUT2D eigenvalue weighted by molar-refractivity contribution is 5.23. The third-order valence-electron chi connectivity index (χ3n) is 2.96. The standard InChI is InChI=1S/C15H16F2N2/c1-2-19-15(13-6-7-18-10-14(13)17)9-11-4-3-5-12(16)8-11/h3-8,10,15,19H,2,9H2,1H3. The summed E-state index contributed by atoms with van der Waals surface area (Å²) in [6.07, 6.45) is 3.30. The molecule has 1 aromatic heterocycles. The maximum atomic E-state index is 13.8. The zero-order chi connectivity index (χ0) is 13.7. The van der Waals surface area contributed by atoms with Gasteiger partial charge in [-0.3, -0.25) is 4.98 Å². The molecule has 100 valence electrons. The van der Waals surface area contributed by atoms with E-state index in [-0.39, 0.29) is 17.7 Å². The van der Waals surface area contributed by atoms with Crippen LogP contribution in [0.5, 0.6) is 0 Å². The molecule has 2 nitrogen and oxygen atoms in total. The Balaban J connectivity index is 2.24. The number of benzene rings is 1. The molecule has 0 saturated heterocycles. The van der Waals surface area contributed by atoms with Crippen molar-refractivity contribution in [2.24, 2.45) is 0 Å². The molecule has 4 heteroatoms. The van der Waals surface area contributed by atoms with E-state index in [2.05, 4.69) is 10.3 Å². The number of nitrogens with zero attached hydrogens (tertiary/aromatic N) is 1. The van der Waals surface area contributed by atoms with E-state index < -0.39 is 0 Å². The predicted molar refractivity (Wildman–Crippen MR) is 70.7 cm³/mol. The van der Waals surface area contributed by atoms with Gasteiger partial charge in [0.1, 0.15) is 11.6 Å². The number of nitrogens with one attached hydrogen (secondary N) is 1. The monoisotopic (exact) mass is 262 g/mol. The Kier molecular flexibility index (Phi) is 4.58. The Hall–Kier alpha value is -1.81. The van der Waals surface area contributed by atoms with Crippen LogP contribution in [-0.2, 0) is 6.42 Å². The lowest BCUT2D eigenvalue weighted by atomic mass is 9.99. The van der Waals surface area contributed by atoms with Crippen LogP contribution in [0.2, 0.25) is 0 Å². The highest BCUT2D eigenvalue weighted by Crippen LogP contribution is 2.21. The van der Waals surface area contributed by atoms with Gasteiger partial charge in [-0.2, -0.15) is 0 Å². The number of aromatic nitrogens is 1. The maximum Gasteiger partial charge on any atom is 0.146 e. The van der Waals surface area contributed by atoms with E-state index in [4.69, 9.17) is 0 Å². The van der Waals surface area contributed by atoms with Crippen molar-refractivity contribution in [3.63, 3.8) is 0 Å². The second kappa shape index (κ2) is 6.38. The van der Waals surface area contributed by atoms with Gasteiger partial charge in [-0.05, 0) is 36.7 Å². The highest BCUT2D eigenvalue weighted by Gasteiger charge is 2.15. The van der Waals surface area contributed by atoms with Crippen molar-refractivity contribution in [1.82, 2.24) is 10.3 Å². The molecule has 0 saturated carbocycles. The first-order valence-electron chi connectivity index (χ1n) is 6.28. The zero-order valence-corrected chi connectivity index (χ0v) is 10.7. The van der Waals surface area contributed by atoms with Crippen LogP contribution in [0.25, 0.3) is 0 Å². The second-order valence-corrected chi connectivity index (χ2v) is 4.34.